The summed E-state index contributed by atoms with van der Waals surface area (Å²) in [6, 6.07) is 1.43. The summed E-state index contributed by atoms with van der Waals surface area (Å²) >= 11 is 0. The molecule has 1 aromatic heterocycles. The Labute approximate surface area is 86.4 Å². The second-order valence-corrected chi connectivity index (χ2v) is 3.09. The first kappa shape index (κ1) is 11.2. The highest BCUT2D eigenvalue weighted by Crippen LogP contribution is 1.97. The molecule has 7 heteroatoms. The molecule has 1 aromatic rings. The third-order valence-electron chi connectivity index (χ3n) is 1.75. The average molecular weight is 212 g/mol. The van der Waals surface area contributed by atoms with Crippen LogP contribution < -0.4 is 5.90 Å². The van der Waals surface area contributed by atoms with Gasteiger partial charge in [0.15, 0.2) is 5.69 Å². The van der Waals surface area contributed by atoms with E-state index in [0.717, 1.165) is 0 Å². The molecule has 0 aliphatic heterocycles. The zero-order chi connectivity index (χ0) is 11.4. The summed E-state index contributed by atoms with van der Waals surface area (Å²) < 4.78 is 1.34. The van der Waals surface area contributed by atoms with Crippen molar-refractivity contribution in [2.45, 2.75) is 6.54 Å². The predicted octanol–water partition coefficient (Wildman–Crippen LogP) is -0.998. The molecule has 0 unspecified atom stereocenters. The van der Waals surface area contributed by atoms with Crippen LogP contribution in [0.15, 0.2) is 12.3 Å². The van der Waals surface area contributed by atoms with Crippen molar-refractivity contribution in [3.8, 4) is 0 Å². The van der Waals surface area contributed by atoms with Gasteiger partial charge in [0.25, 0.3) is 0 Å². The zero-order valence-corrected chi connectivity index (χ0v) is 8.51. The SMILES string of the molecule is CN(C)C(=O)Cn1ccc(C(=O)ON)n1. The van der Waals surface area contributed by atoms with Crippen LogP contribution in [0.2, 0.25) is 0 Å². The zero-order valence-electron chi connectivity index (χ0n) is 8.51. The molecule has 0 aromatic carbocycles. The van der Waals surface area contributed by atoms with Crippen molar-refractivity contribution in [2.24, 2.45) is 5.90 Å². The highest BCUT2D eigenvalue weighted by atomic mass is 16.7. The number of amides is 1. The summed E-state index contributed by atoms with van der Waals surface area (Å²) in [4.78, 5) is 27.6. The smallest absolute Gasteiger partial charge is 0.368 e. The van der Waals surface area contributed by atoms with E-state index in [1.165, 1.54) is 21.8 Å². The molecule has 0 atom stereocenters. The number of rotatable bonds is 3. The molecule has 0 saturated carbocycles. The normalized spacial score (nSPS) is 9.80. The lowest BCUT2D eigenvalue weighted by atomic mass is 10.4. The second-order valence-electron chi connectivity index (χ2n) is 3.09. The molecule has 15 heavy (non-hydrogen) atoms. The number of hydrogen-bond donors (Lipinski definition) is 1. The maximum Gasteiger partial charge on any atom is 0.377 e. The molecule has 0 saturated heterocycles. The molecular formula is C8H12N4O3. The Kier molecular flexibility index (Phi) is 3.40. The third-order valence-corrected chi connectivity index (χ3v) is 1.75. The molecule has 0 spiro atoms. The molecule has 1 rings (SSSR count). The Morgan fingerprint density at radius 3 is 2.80 bits per heavy atom. The van der Waals surface area contributed by atoms with E-state index in [2.05, 4.69) is 15.8 Å². The number of carbonyl (C=O) groups excluding carboxylic acids is 2. The quantitative estimate of drug-likeness (QED) is 0.649. The number of nitrogens with two attached hydrogens (primary N) is 1. The van der Waals surface area contributed by atoms with Gasteiger partial charge in [0.1, 0.15) is 6.54 Å². The molecule has 0 fully saturated rings. The third kappa shape index (κ3) is 2.78. The molecule has 1 heterocycles. The van der Waals surface area contributed by atoms with Gasteiger partial charge in [0.2, 0.25) is 5.91 Å². The Morgan fingerprint density at radius 2 is 2.27 bits per heavy atom. The van der Waals surface area contributed by atoms with E-state index >= 15 is 0 Å². The largest absolute Gasteiger partial charge is 0.377 e. The van der Waals surface area contributed by atoms with Crippen molar-refractivity contribution >= 4 is 11.9 Å². The van der Waals surface area contributed by atoms with Crippen molar-refractivity contribution in [3.05, 3.63) is 18.0 Å². The highest BCUT2D eigenvalue weighted by molar-refractivity contribution is 5.86. The van der Waals surface area contributed by atoms with Crippen LogP contribution in [-0.4, -0.2) is 40.7 Å². The first-order valence-electron chi connectivity index (χ1n) is 4.19. The van der Waals surface area contributed by atoms with Crippen LogP contribution in [0.4, 0.5) is 0 Å². The van der Waals surface area contributed by atoms with Crippen LogP contribution in [0.1, 0.15) is 10.5 Å². The fourth-order valence-corrected chi connectivity index (χ4v) is 0.899. The molecular weight excluding hydrogens is 200 g/mol. The van der Waals surface area contributed by atoms with Gasteiger partial charge >= 0.3 is 5.97 Å². The molecule has 1 amide bonds. The molecule has 0 aliphatic rings. The van der Waals surface area contributed by atoms with Gasteiger partial charge in [-0.15, -0.1) is 0 Å². The number of hydrogen-bond acceptors (Lipinski definition) is 5. The lowest BCUT2D eigenvalue weighted by molar-refractivity contribution is -0.129. The summed E-state index contributed by atoms with van der Waals surface area (Å²) in [5.41, 5.74) is 0.0732. The van der Waals surface area contributed by atoms with Gasteiger partial charge in [-0.05, 0) is 6.07 Å². The number of likely N-dealkylation sites (N-methyl/N-ethyl adjacent to an activating group) is 1. The number of aromatic nitrogens is 2. The lowest BCUT2D eigenvalue weighted by Crippen LogP contribution is -2.26. The maximum absolute atomic E-state index is 11.3. The molecule has 82 valence electrons. The van der Waals surface area contributed by atoms with Gasteiger partial charge < -0.3 is 9.74 Å². The summed E-state index contributed by atoms with van der Waals surface area (Å²) in [6.07, 6.45) is 1.51. The van der Waals surface area contributed by atoms with Crippen LogP contribution in [0, 0.1) is 0 Å². The highest BCUT2D eigenvalue weighted by Gasteiger charge is 2.11. The van der Waals surface area contributed by atoms with E-state index in [1.807, 2.05) is 0 Å². The average Bonchev–Trinajstić information content (AvgIpc) is 2.65. The molecule has 7 nitrogen and oxygen atoms in total. The molecule has 2 N–H and O–H groups in total. The first-order valence-corrected chi connectivity index (χ1v) is 4.19. The monoisotopic (exact) mass is 212 g/mol. The second kappa shape index (κ2) is 4.56. The van der Waals surface area contributed by atoms with Crippen LogP contribution in [0.25, 0.3) is 0 Å². The maximum atomic E-state index is 11.3. The van der Waals surface area contributed by atoms with Crippen molar-refractivity contribution < 1.29 is 14.4 Å². The van der Waals surface area contributed by atoms with Crippen LogP contribution in [0.5, 0.6) is 0 Å². The minimum atomic E-state index is -0.731. The van der Waals surface area contributed by atoms with Crippen molar-refractivity contribution in [3.63, 3.8) is 0 Å². The predicted molar refractivity (Wildman–Crippen MR) is 50.5 cm³/mol. The standard InChI is InChI=1S/C8H12N4O3/c1-11(2)7(13)5-12-4-3-6(10-12)8(14)15-9/h3-4H,5,9H2,1-2H3. The van der Waals surface area contributed by atoms with E-state index in [4.69, 9.17) is 0 Å². The van der Waals surface area contributed by atoms with Gasteiger partial charge in [-0.25, -0.2) is 4.79 Å². The van der Waals surface area contributed by atoms with E-state index in [0.29, 0.717) is 0 Å². The summed E-state index contributed by atoms with van der Waals surface area (Å²) in [7, 11) is 3.28. The first-order chi connectivity index (χ1) is 7.04. The van der Waals surface area contributed by atoms with Gasteiger partial charge in [0.05, 0.1) is 0 Å². The van der Waals surface area contributed by atoms with Gasteiger partial charge in [-0.3, -0.25) is 9.48 Å². The topological polar surface area (TPSA) is 90.5 Å². The van der Waals surface area contributed by atoms with Crippen LogP contribution >= 0.6 is 0 Å². The Bertz CT molecular complexity index is 372. The fraction of sp³-hybridized carbons (Fsp3) is 0.375. The van der Waals surface area contributed by atoms with Crippen LogP contribution in [0.3, 0.4) is 0 Å². The van der Waals surface area contributed by atoms with Gasteiger partial charge in [0, 0.05) is 20.3 Å². The van der Waals surface area contributed by atoms with Gasteiger partial charge in [-0.2, -0.15) is 11.0 Å². The van der Waals surface area contributed by atoms with Crippen LogP contribution in [-0.2, 0) is 16.2 Å². The molecule has 0 bridgehead atoms. The minimum Gasteiger partial charge on any atom is -0.368 e. The lowest BCUT2D eigenvalue weighted by Gasteiger charge is -2.09. The Balaban J connectivity index is 2.69. The Morgan fingerprint density at radius 1 is 1.60 bits per heavy atom. The fourth-order valence-electron chi connectivity index (χ4n) is 0.899. The summed E-state index contributed by atoms with van der Waals surface area (Å²) in [5.74, 6) is 3.84. The molecule has 0 aliphatic carbocycles. The minimum absolute atomic E-state index is 0.0732. The number of nitrogens with zero attached hydrogens (tertiary/aromatic N) is 3. The van der Waals surface area contributed by atoms with E-state index in [9.17, 15) is 9.59 Å². The number of carbonyl (C=O) groups is 2. The summed E-state index contributed by atoms with van der Waals surface area (Å²) in [5, 5.41) is 3.82. The molecule has 0 radical (unpaired) electrons. The van der Waals surface area contributed by atoms with Crippen molar-refractivity contribution in [1.29, 1.82) is 0 Å². The Hall–Kier alpha value is -1.89. The van der Waals surface area contributed by atoms with E-state index < -0.39 is 5.97 Å². The van der Waals surface area contributed by atoms with Crippen molar-refractivity contribution in [2.75, 3.05) is 14.1 Å². The van der Waals surface area contributed by atoms with E-state index in [-0.39, 0.29) is 18.1 Å². The van der Waals surface area contributed by atoms with E-state index in [1.54, 1.807) is 14.1 Å². The van der Waals surface area contributed by atoms with Gasteiger partial charge in [-0.1, -0.05) is 0 Å². The summed E-state index contributed by atoms with van der Waals surface area (Å²) in [6.45, 7) is 0.0743. The van der Waals surface area contributed by atoms with Crippen molar-refractivity contribution in [1.82, 2.24) is 14.7 Å².